The smallest absolute Gasteiger partial charge is 0.244 e. The number of hydrogen-bond donors (Lipinski definition) is 2. The van der Waals surface area contributed by atoms with Crippen LogP contribution in [0.5, 0.6) is 5.75 Å². The van der Waals surface area contributed by atoms with E-state index in [2.05, 4.69) is 36.7 Å². The zero-order valence-electron chi connectivity index (χ0n) is 19.9. The lowest BCUT2D eigenvalue weighted by Crippen LogP contribution is -2.54. The van der Waals surface area contributed by atoms with Crippen molar-refractivity contribution in [3.63, 3.8) is 0 Å². The molecule has 1 atom stereocenters. The molecule has 2 aromatic heterocycles. The van der Waals surface area contributed by atoms with Crippen LogP contribution in [0, 0.1) is 0 Å². The fraction of sp³-hybridized carbons (Fsp3) is 0.348. The number of nitrogens with one attached hydrogen (secondary N) is 1. The fourth-order valence-electron chi connectivity index (χ4n) is 4.26. The Labute approximate surface area is 208 Å². The molecule has 0 aliphatic carbocycles. The number of carbonyl (C=O) groups is 1. The number of aromatic amines is 1. The van der Waals surface area contributed by atoms with Crippen LogP contribution in [0.2, 0.25) is 5.02 Å². The first-order valence-electron chi connectivity index (χ1n) is 11.1. The van der Waals surface area contributed by atoms with Crippen LogP contribution >= 0.6 is 11.6 Å². The number of imidazole rings is 1. The zero-order valence-corrected chi connectivity index (χ0v) is 20.7. The van der Waals surface area contributed by atoms with E-state index in [1.807, 2.05) is 30.0 Å². The molecule has 3 N–H and O–H groups in total. The number of benzene rings is 1. The molecule has 3 heterocycles. The minimum Gasteiger partial charge on any atom is -0.495 e. The van der Waals surface area contributed by atoms with Crippen LogP contribution in [0.3, 0.4) is 0 Å². The summed E-state index contributed by atoms with van der Waals surface area (Å²) in [5, 5.41) is 5.15. The second kappa shape index (κ2) is 10.2. The molecule has 1 amide bonds. The van der Waals surface area contributed by atoms with Crippen molar-refractivity contribution in [2.75, 3.05) is 38.7 Å². The maximum atomic E-state index is 13.3. The summed E-state index contributed by atoms with van der Waals surface area (Å²) >= 11 is 6.17. The van der Waals surface area contributed by atoms with E-state index in [9.17, 15) is 4.79 Å². The van der Waals surface area contributed by atoms with Gasteiger partial charge in [-0.3, -0.25) is 9.79 Å². The van der Waals surface area contributed by atoms with Crippen molar-refractivity contribution >= 4 is 41.6 Å². The number of anilines is 1. The monoisotopic (exact) mass is 497 g/mol. The minimum atomic E-state index is -0.0807. The van der Waals surface area contributed by atoms with E-state index < -0.39 is 0 Å². The van der Waals surface area contributed by atoms with Crippen LogP contribution in [-0.4, -0.2) is 82.9 Å². The Kier molecular flexibility index (Phi) is 7.06. The molecular formula is C23H28ClN9O2. The first-order chi connectivity index (χ1) is 16.9. The van der Waals surface area contributed by atoms with Gasteiger partial charge in [-0.15, -0.1) is 0 Å². The topological polar surface area (TPSA) is 130 Å². The van der Waals surface area contributed by atoms with E-state index in [0.717, 1.165) is 5.69 Å². The largest absolute Gasteiger partial charge is 0.495 e. The van der Waals surface area contributed by atoms with Gasteiger partial charge in [0.25, 0.3) is 0 Å². The predicted molar refractivity (Wildman–Crippen MR) is 137 cm³/mol. The number of carbonyl (C=O) groups excluding carboxylic acids is 1. The number of H-pyrrole nitrogens is 1. The number of methoxy groups -OCH3 is 1. The van der Waals surface area contributed by atoms with Crippen LogP contribution in [0.25, 0.3) is 11.5 Å². The highest BCUT2D eigenvalue weighted by molar-refractivity contribution is 6.32. The van der Waals surface area contributed by atoms with E-state index >= 15 is 0 Å². The van der Waals surface area contributed by atoms with Crippen molar-refractivity contribution in [1.29, 1.82) is 0 Å². The summed E-state index contributed by atoms with van der Waals surface area (Å²) in [5.41, 5.74) is 8.08. The maximum absolute atomic E-state index is 13.3. The number of rotatable bonds is 7. The average molecular weight is 498 g/mol. The fourth-order valence-corrected chi connectivity index (χ4v) is 4.45. The van der Waals surface area contributed by atoms with Gasteiger partial charge in [-0.2, -0.15) is 5.10 Å². The number of hydrogen-bond acceptors (Lipinski definition) is 7. The highest BCUT2D eigenvalue weighted by Crippen LogP contribution is 2.31. The molecule has 4 rings (SSSR count). The van der Waals surface area contributed by atoms with Gasteiger partial charge in [0.15, 0.2) is 11.6 Å². The number of aromatic nitrogens is 4. The Morgan fingerprint density at radius 1 is 1.40 bits per heavy atom. The summed E-state index contributed by atoms with van der Waals surface area (Å²) in [5.74, 6) is 1.65. The van der Waals surface area contributed by atoms with Crippen LogP contribution in [0.1, 0.15) is 12.5 Å². The van der Waals surface area contributed by atoms with Gasteiger partial charge >= 0.3 is 0 Å². The van der Waals surface area contributed by atoms with Crippen molar-refractivity contribution in [2.24, 2.45) is 15.7 Å². The number of amides is 1. The van der Waals surface area contributed by atoms with Gasteiger partial charge in [0.1, 0.15) is 23.8 Å². The summed E-state index contributed by atoms with van der Waals surface area (Å²) < 4.78 is 6.85. The van der Waals surface area contributed by atoms with Gasteiger partial charge in [-0.05, 0) is 25.8 Å². The van der Waals surface area contributed by atoms with Gasteiger partial charge in [-0.1, -0.05) is 11.6 Å². The molecule has 12 heteroatoms. The van der Waals surface area contributed by atoms with Gasteiger partial charge < -0.3 is 25.3 Å². The Morgan fingerprint density at radius 2 is 2.20 bits per heavy atom. The van der Waals surface area contributed by atoms with Crippen molar-refractivity contribution in [3.8, 4) is 17.3 Å². The van der Waals surface area contributed by atoms with Crippen molar-refractivity contribution in [1.82, 2.24) is 24.6 Å². The third-order valence-electron chi connectivity index (χ3n) is 6.03. The van der Waals surface area contributed by atoms with Crippen molar-refractivity contribution in [2.45, 2.75) is 19.5 Å². The Hall–Kier alpha value is -3.86. The van der Waals surface area contributed by atoms with Crippen LogP contribution in [-0.2, 0) is 11.3 Å². The molecule has 1 fully saturated rings. The van der Waals surface area contributed by atoms with Crippen LogP contribution < -0.4 is 15.4 Å². The normalized spacial score (nSPS) is 16.5. The number of aliphatic imine (C=N–C) groups is 2. The van der Waals surface area contributed by atoms with E-state index in [0.29, 0.717) is 53.3 Å². The van der Waals surface area contributed by atoms with Crippen LogP contribution in [0.4, 0.5) is 11.5 Å². The number of amidine groups is 1. The van der Waals surface area contributed by atoms with Gasteiger partial charge in [-0.25, -0.2) is 14.7 Å². The third kappa shape index (κ3) is 4.72. The Morgan fingerprint density at radius 3 is 2.83 bits per heavy atom. The summed E-state index contributed by atoms with van der Waals surface area (Å²) in [4.78, 5) is 32.9. The molecule has 0 radical (unpaired) electrons. The molecule has 184 valence electrons. The molecule has 3 aromatic rings. The molecule has 1 aromatic carbocycles. The van der Waals surface area contributed by atoms with Crippen LogP contribution in [0.15, 0.2) is 40.6 Å². The first kappa shape index (κ1) is 24.3. The first-order valence-corrected chi connectivity index (χ1v) is 11.4. The standard InChI is InChI=1S/C23H28ClN9O2/c1-14-12-31(15-5-6-16(24)17(11-15)35-4)9-10-32(14)18(34)13-33-23(27-3)19(21(25)26-2)20(30-33)22-28-7-8-29-22/h5-8,11,14H,3,9-10,12-13H2,1-2,4H3,(H2,25,26)(H,28,29)/t14-/m0/s1. The number of ether oxygens (including phenoxy) is 1. The van der Waals surface area contributed by atoms with E-state index in [4.69, 9.17) is 22.1 Å². The SMILES string of the molecule is C=Nc1c(C(N)=NC)c(-c2ncc[nH]2)nn1CC(=O)N1CCN(c2ccc(Cl)c(OC)c2)C[C@@H]1C. The number of nitrogens with zero attached hydrogens (tertiary/aromatic N) is 7. The molecule has 1 saturated heterocycles. The molecule has 1 aliphatic heterocycles. The second-order valence-corrected chi connectivity index (χ2v) is 8.52. The van der Waals surface area contributed by atoms with Crippen molar-refractivity contribution < 1.29 is 9.53 Å². The van der Waals surface area contributed by atoms with E-state index in [1.54, 1.807) is 26.6 Å². The number of piperazine rings is 1. The Balaban J connectivity index is 1.54. The zero-order chi connectivity index (χ0) is 25.1. The summed E-state index contributed by atoms with van der Waals surface area (Å²) in [6.45, 7) is 7.56. The highest BCUT2D eigenvalue weighted by atomic mass is 35.5. The molecule has 1 aliphatic rings. The molecule has 0 saturated carbocycles. The second-order valence-electron chi connectivity index (χ2n) is 8.11. The lowest BCUT2D eigenvalue weighted by atomic mass is 10.1. The predicted octanol–water partition coefficient (Wildman–Crippen LogP) is 2.34. The number of halogens is 1. The molecule has 0 bridgehead atoms. The quantitative estimate of drug-likeness (QED) is 0.380. The molecule has 0 spiro atoms. The lowest BCUT2D eigenvalue weighted by molar-refractivity contribution is -0.134. The van der Waals surface area contributed by atoms with Gasteiger partial charge in [0, 0.05) is 56.9 Å². The summed E-state index contributed by atoms with van der Waals surface area (Å²) in [7, 11) is 3.17. The minimum absolute atomic E-state index is 0.0157. The summed E-state index contributed by atoms with van der Waals surface area (Å²) in [6.07, 6.45) is 3.29. The van der Waals surface area contributed by atoms with Crippen molar-refractivity contribution in [3.05, 3.63) is 41.2 Å². The highest BCUT2D eigenvalue weighted by Gasteiger charge is 2.30. The third-order valence-corrected chi connectivity index (χ3v) is 6.34. The average Bonchev–Trinajstić information content (AvgIpc) is 3.51. The maximum Gasteiger partial charge on any atom is 0.244 e. The Bertz CT molecular complexity index is 1250. The van der Waals surface area contributed by atoms with E-state index in [-0.39, 0.29) is 24.3 Å². The number of nitrogens with two attached hydrogens (primary N) is 1. The molecule has 35 heavy (non-hydrogen) atoms. The lowest BCUT2D eigenvalue weighted by Gasteiger charge is -2.41. The summed E-state index contributed by atoms with van der Waals surface area (Å²) in [6, 6.07) is 5.66. The molecular weight excluding hydrogens is 470 g/mol. The molecule has 0 unspecified atom stereocenters. The van der Waals surface area contributed by atoms with Gasteiger partial charge in [0.2, 0.25) is 5.91 Å². The van der Waals surface area contributed by atoms with E-state index in [1.165, 1.54) is 4.68 Å². The van der Waals surface area contributed by atoms with Gasteiger partial charge in [0.05, 0.1) is 17.7 Å². The molecule has 11 nitrogen and oxygen atoms in total.